The number of hydrogen-bond acceptors (Lipinski definition) is 5. The average Bonchev–Trinajstić information content (AvgIpc) is 3.71. The predicted octanol–water partition coefficient (Wildman–Crippen LogP) is 6.88. The second kappa shape index (κ2) is 9.97. The minimum Gasteiger partial charge on any atom is -0.389 e. The van der Waals surface area contributed by atoms with Crippen molar-refractivity contribution in [3.05, 3.63) is 95.2 Å². The lowest BCUT2D eigenvalue weighted by Crippen LogP contribution is -2.52. The maximum Gasteiger partial charge on any atom is 0.194 e. The molecule has 0 amide bonds. The molecule has 8 aliphatic carbocycles. The minimum atomic E-state index is -0.521. The third kappa shape index (κ3) is 4.03. The van der Waals surface area contributed by atoms with Crippen molar-refractivity contribution >= 4 is 5.78 Å². The fourth-order valence-electron chi connectivity index (χ4n) is 10.8. The number of ether oxygens (including phenoxy) is 2. The van der Waals surface area contributed by atoms with Crippen LogP contribution in [0.25, 0.3) is 0 Å². The van der Waals surface area contributed by atoms with E-state index in [2.05, 4.69) is 82.4 Å². The van der Waals surface area contributed by atoms with Crippen molar-refractivity contribution in [2.45, 2.75) is 84.2 Å². The number of rotatable bonds is 0. The van der Waals surface area contributed by atoms with Gasteiger partial charge in [0, 0.05) is 33.5 Å². The van der Waals surface area contributed by atoms with Gasteiger partial charge in [-0.1, -0.05) is 111 Å². The highest BCUT2D eigenvalue weighted by Gasteiger charge is 2.63. The lowest BCUT2D eigenvalue weighted by atomic mass is 9.52. The van der Waals surface area contributed by atoms with Gasteiger partial charge in [-0.15, -0.1) is 0 Å². The van der Waals surface area contributed by atoms with Crippen LogP contribution >= 0.6 is 0 Å². The largest absolute Gasteiger partial charge is 0.389 e. The molecule has 0 aromatic heterocycles. The van der Waals surface area contributed by atoms with E-state index in [9.17, 15) is 15.0 Å². The third-order valence-corrected chi connectivity index (χ3v) is 13.8. The molecule has 238 valence electrons. The Balaban J connectivity index is 0.000000135. The Bertz CT molecular complexity index is 1560. The zero-order valence-electron chi connectivity index (χ0n) is 27.2. The van der Waals surface area contributed by atoms with Crippen molar-refractivity contribution in [1.29, 1.82) is 0 Å². The molecule has 1 spiro atoms. The van der Waals surface area contributed by atoms with Crippen molar-refractivity contribution in [3.63, 3.8) is 0 Å². The van der Waals surface area contributed by atoms with Crippen molar-refractivity contribution in [2.24, 2.45) is 45.3 Å². The van der Waals surface area contributed by atoms with E-state index in [1.54, 1.807) is 6.08 Å². The standard InChI is InChI=1S/C21H26O3.C19H22O2/c1-19-8-5-15(22)13-14(19)3-4-16-17(19)6-9-20(2)18(16)7-10-21(20)23-11-12-24-21;1-18-9-7-13(20)11-12(18)3-4-14-15-5-6-17(21)19(15,2)10-8-16(14)18/h3-5,7-8,10,15,17-18,22H,6,9,11-13H2,1-2H3;3-7,9,13,15-16,20H,8,10-11H2,1-2H3/t15-,17?,18?,19-,20-;13-,15?,16?,18-,19-/m00/s1. The first-order valence-electron chi connectivity index (χ1n) is 17.2. The monoisotopic (exact) mass is 608 g/mol. The van der Waals surface area contributed by atoms with Gasteiger partial charge in [-0.25, -0.2) is 0 Å². The molecule has 4 unspecified atom stereocenters. The Kier molecular flexibility index (Phi) is 6.60. The molecule has 2 N–H and O–H groups in total. The van der Waals surface area contributed by atoms with Gasteiger partial charge in [-0.3, -0.25) is 4.79 Å². The lowest BCUT2D eigenvalue weighted by molar-refractivity contribution is -0.205. The number of fused-ring (bicyclic) bond motifs is 11. The van der Waals surface area contributed by atoms with Crippen LogP contribution in [0.4, 0.5) is 0 Å². The summed E-state index contributed by atoms with van der Waals surface area (Å²) in [5, 5.41) is 19.9. The fraction of sp³-hybridized carbons (Fsp3) is 0.575. The van der Waals surface area contributed by atoms with Crippen LogP contribution in [0.3, 0.4) is 0 Å². The Morgan fingerprint density at radius 3 is 1.84 bits per heavy atom. The fourth-order valence-corrected chi connectivity index (χ4v) is 10.8. The molecule has 9 rings (SSSR count). The Morgan fingerprint density at radius 1 is 0.689 bits per heavy atom. The van der Waals surface area contributed by atoms with Crippen molar-refractivity contribution in [3.8, 4) is 0 Å². The molecular weight excluding hydrogens is 560 g/mol. The van der Waals surface area contributed by atoms with Crippen LogP contribution in [0.5, 0.6) is 0 Å². The number of aliphatic hydroxyl groups is 2. The molecule has 3 fully saturated rings. The Morgan fingerprint density at radius 2 is 1.24 bits per heavy atom. The van der Waals surface area contributed by atoms with Crippen LogP contribution in [0.15, 0.2) is 95.2 Å². The number of allylic oxidation sites excluding steroid dienone is 11. The summed E-state index contributed by atoms with van der Waals surface area (Å²) in [7, 11) is 0. The van der Waals surface area contributed by atoms with E-state index in [4.69, 9.17) is 9.47 Å². The van der Waals surface area contributed by atoms with E-state index >= 15 is 0 Å². The molecule has 45 heavy (non-hydrogen) atoms. The number of carbonyl (C=O) groups is 1. The van der Waals surface area contributed by atoms with Gasteiger partial charge in [-0.2, -0.15) is 0 Å². The van der Waals surface area contributed by atoms with Gasteiger partial charge in [0.2, 0.25) is 0 Å². The topological polar surface area (TPSA) is 76.0 Å². The molecular formula is C40H48O5. The molecule has 1 aliphatic heterocycles. The van der Waals surface area contributed by atoms with Crippen molar-refractivity contribution in [1.82, 2.24) is 0 Å². The van der Waals surface area contributed by atoms with Gasteiger partial charge in [0.15, 0.2) is 11.6 Å². The average molecular weight is 609 g/mol. The number of hydrogen-bond donors (Lipinski definition) is 2. The van der Waals surface area contributed by atoms with Crippen LogP contribution in [0, 0.1) is 45.3 Å². The quantitative estimate of drug-likeness (QED) is 0.294. The summed E-state index contributed by atoms with van der Waals surface area (Å²) in [4.78, 5) is 12.2. The highest BCUT2D eigenvalue weighted by Crippen LogP contribution is 2.65. The number of aliphatic hydroxyl groups excluding tert-OH is 2. The van der Waals surface area contributed by atoms with Crippen molar-refractivity contribution < 1.29 is 24.5 Å². The van der Waals surface area contributed by atoms with Gasteiger partial charge < -0.3 is 19.7 Å². The smallest absolute Gasteiger partial charge is 0.194 e. The van der Waals surface area contributed by atoms with Crippen LogP contribution in [0.2, 0.25) is 0 Å². The van der Waals surface area contributed by atoms with Gasteiger partial charge in [-0.05, 0) is 62.5 Å². The van der Waals surface area contributed by atoms with E-state index in [-0.39, 0.29) is 39.8 Å². The summed E-state index contributed by atoms with van der Waals surface area (Å²) in [6.07, 6.45) is 30.9. The zero-order chi connectivity index (χ0) is 31.4. The molecule has 0 bridgehead atoms. The number of carbonyl (C=O) groups excluding carboxylic acids is 1. The Hall–Kier alpha value is -2.57. The SMILES string of the molecule is C[C@]12C=C[C@H](O)CC1=CC=C1C2CC[C@@]2(C)C1C=CC21OCCO1.C[C@]12C=C[C@H](O)CC1=CC=C1C2CC[C@]2(C)C(=O)C=CC12. The van der Waals surface area contributed by atoms with Crippen molar-refractivity contribution in [2.75, 3.05) is 13.2 Å². The van der Waals surface area contributed by atoms with Gasteiger partial charge >= 0.3 is 0 Å². The second-order valence-electron chi connectivity index (χ2n) is 16.0. The van der Waals surface area contributed by atoms with Crippen LogP contribution in [-0.2, 0) is 14.3 Å². The summed E-state index contributed by atoms with van der Waals surface area (Å²) in [5.74, 6) is 1.40. The first-order valence-corrected chi connectivity index (χ1v) is 17.2. The van der Waals surface area contributed by atoms with Gasteiger partial charge in [0.25, 0.3) is 0 Å². The van der Waals surface area contributed by atoms with Crippen LogP contribution in [-0.4, -0.2) is 47.2 Å². The molecule has 0 aromatic carbocycles. The normalized spacial score (nSPS) is 47.6. The molecule has 2 saturated carbocycles. The van der Waals surface area contributed by atoms with Crippen LogP contribution < -0.4 is 0 Å². The van der Waals surface area contributed by atoms with E-state index < -0.39 is 5.79 Å². The number of ketones is 1. The molecule has 1 saturated heterocycles. The Labute approximate surface area is 267 Å². The molecule has 5 heteroatoms. The van der Waals surface area contributed by atoms with E-state index in [0.29, 0.717) is 36.8 Å². The first kappa shape index (κ1) is 29.8. The highest BCUT2D eigenvalue weighted by atomic mass is 16.7. The molecule has 0 aromatic rings. The molecule has 10 atom stereocenters. The maximum absolute atomic E-state index is 12.2. The summed E-state index contributed by atoms with van der Waals surface area (Å²) < 4.78 is 12.2. The molecule has 1 heterocycles. The maximum atomic E-state index is 12.2. The van der Waals surface area contributed by atoms with Gasteiger partial charge in [0.1, 0.15) is 0 Å². The van der Waals surface area contributed by atoms with Gasteiger partial charge in [0.05, 0.1) is 25.4 Å². The summed E-state index contributed by atoms with van der Waals surface area (Å²) in [6, 6.07) is 0. The van der Waals surface area contributed by atoms with E-state index in [1.807, 2.05) is 12.2 Å². The summed E-state index contributed by atoms with van der Waals surface area (Å²) in [5.41, 5.74) is 5.48. The highest BCUT2D eigenvalue weighted by molar-refractivity contribution is 5.98. The minimum absolute atomic E-state index is 0.00850. The van der Waals surface area contributed by atoms with Crippen LogP contribution in [0.1, 0.15) is 66.2 Å². The molecule has 5 nitrogen and oxygen atoms in total. The lowest BCUT2D eigenvalue weighted by Gasteiger charge is -2.54. The second-order valence-corrected chi connectivity index (χ2v) is 16.0. The predicted molar refractivity (Wildman–Crippen MR) is 175 cm³/mol. The van der Waals surface area contributed by atoms with E-state index in [0.717, 1.165) is 38.5 Å². The molecule has 9 aliphatic rings. The summed E-state index contributed by atoms with van der Waals surface area (Å²) >= 11 is 0. The zero-order valence-corrected chi connectivity index (χ0v) is 27.2. The third-order valence-electron chi connectivity index (χ3n) is 13.8. The van der Waals surface area contributed by atoms with E-state index in [1.165, 1.54) is 22.3 Å². The first-order chi connectivity index (χ1) is 21.4. The summed E-state index contributed by atoms with van der Waals surface area (Å²) in [6.45, 7) is 10.5. The molecule has 0 radical (unpaired) electrons.